The number of hydrogen-bond donors (Lipinski definition) is 0. The van der Waals surface area contributed by atoms with E-state index >= 15 is 0 Å². The van der Waals surface area contributed by atoms with Crippen LogP contribution in [0.3, 0.4) is 0 Å². The molecule has 0 amide bonds. The summed E-state index contributed by atoms with van der Waals surface area (Å²) >= 11 is 0. The van der Waals surface area contributed by atoms with Crippen molar-refractivity contribution in [3.63, 3.8) is 0 Å². The van der Waals surface area contributed by atoms with Crippen molar-refractivity contribution in [2.75, 3.05) is 6.61 Å². The minimum absolute atomic E-state index is 0.0272. The Morgan fingerprint density at radius 1 is 0.412 bits per heavy atom. The highest BCUT2D eigenvalue weighted by Gasteiger charge is 2.03. The molecular formula is C49H96O2. The van der Waals surface area contributed by atoms with Crippen molar-refractivity contribution in [1.82, 2.24) is 0 Å². The zero-order valence-corrected chi connectivity index (χ0v) is 35.7. The molecule has 51 heavy (non-hydrogen) atoms. The molecule has 1 unspecified atom stereocenters. The molecule has 0 radical (unpaired) electrons. The van der Waals surface area contributed by atoms with Crippen molar-refractivity contribution >= 4 is 5.97 Å². The van der Waals surface area contributed by atoms with Gasteiger partial charge in [-0.2, -0.15) is 0 Å². The van der Waals surface area contributed by atoms with Crippen molar-refractivity contribution in [3.05, 3.63) is 12.2 Å². The Morgan fingerprint density at radius 3 is 1.10 bits per heavy atom. The van der Waals surface area contributed by atoms with E-state index in [1.807, 2.05) is 0 Å². The highest BCUT2D eigenvalue weighted by Crippen LogP contribution is 2.18. The standard InChI is InChI=1S/C49H96O2/c1-4-6-7-8-9-10-11-12-13-21-25-28-31-34-37-40-43-46-49(50)51-47-44-41-38-35-32-29-26-23-20-18-16-14-15-17-19-22-24-27-30-33-36-39-42-45-48(3)5-2/h10-11,48H,4-9,12-47H2,1-3H3. The molecule has 0 N–H and O–H groups in total. The lowest BCUT2D eigenvalue weighted by molar-refractivity contribution is -0.143. The number of carbonyl (C=O) groups is 1. The lowest BCUT2D eigenvalue weighted by atomic mass is 9.99. The summed E-state index contributed by atoms with van der Waals surface area (Å²) in [5.74, 6) is 0.964. The van der Waals surface area contributed by atoms with Crippen molar-refractivity contribution in [2.45, 2.75) is 284 Å². The molecule has 0 aromatic carbocycles. The average molecular weight is 717 g/mol. The maximum atomic E-state index is 12.0. The van der Waals surface area contributed by atoms with Gasteiger partial charge in [0.25, 0.3) is 0 Å². The smallest absolute Gasteiger partial charge is 0.305 e. The molecule has 0 saturated carbocycles. The lowest BCUT2D eigenvalue weighted by Crippen LogP contribution is -2.05. The van der Waals surface area contributed by atoms with Crippen LogP contribution in [0, 0.1) is 5.92 Å². The Hall–Kier alpha value is -0.790. The van der Waals surface area contributed by atoms with Gasteiger partial charge in [-0.15, -0.1) is 0 Å². The van der Waals surface area contributed by atoms with Gasteiger partial charge in [-0.25, -0.2) is 0 Å². The number of esters is 1. The molecule has 0 aromatic heterocycles. The Kier molecular flexibility index (Phi) is 44.7. The molecule has 0 fully saturated rings. The number of ether oxygens (including phenoxy) is 1. The third-order valence-electron chi connectivity index (χ3n) is 11.4. The Labute approximate surface area is 323 Å². The van der Waals surface area contributed by atoms with Gasteiger partial charge in [0, 0.05) is 6.42 Å². The van der Waals surface area contributed by atoms with Crippen LogP contribution in [0.2, 0.25) is 0 Å². The van der Waals surface area contributed by atoms with E-state index in [9.17, 15) is 4.79 Å². The minimum atomic E-state index is 0.0272. The number of unbranched alkanes of at least 4 members (excludes halogenated alkanes) is 35. The Bertz CT molecular complexity index is 669. The van der Waals surface area contributed by atoms with E-state index in [1.54, 1.807) is 0 Å². The SMILES string of the molecule is CCCCCCC=CCCCCCCCCCCCC(=O)OCCCCCCCCCCCCCCCCCCCCCCCCCC(C)CC. The van der Waals surface area contributed by atoms with E-state index < -0.39 is 0 Å². The fourth-order valence-corrected chi connectivity index (χ4v) is 7.46. The van der Waals surface area contributed by atoms with Crippen LogP contribution in [0.5, 0.6) is 0 Å². The first-order valence-corrected chi connectivity index (χ1v) is 24.0. The first-order chi connectivity index (χ1) is 25.2. The second-order valence-corrected chi connectivity index (χ2v) is 16.7. The van der Waals surface area contributed by atoms with Crippen molar-refractivity contribution in [3.8, 4) is 0 Å². The van der Waals surface area contributed by atoms with Gasteiger partial charge < -0.3 is 4.74 Å². The molecule has 304 valence electrons. The molecule has 0 aliphatic carbocycles. The molecule has 0 heterocycles. The Morgan fingerprint density at radius 2 is 0.725 bits per heavy atom. The summed E-state index contributed by atoms with van der Waals surface area (Å²) in [6.45, 7) is 7.63. The molecule has 0 saturated heterocycles. The van der Waals surface area contributed by atoms with E-state index in [0.29, 0.717) is 13.0 Å². The van der Waals surface area contributed by atoms with Crippen LogP contribution in [0.4, 0.5) is 0 Å². The predicted molar refractivity (Wildman–Crippen MR) is 230 cm³/mol. The maximum absolute atomic E-state index is 12.0. The van der Waals surface area contributed by atoms with E-state index in [4.69, 9.17) is 4.74 Å². The molecule has 0 aliphatic heterocycles. The van der Waals surface area contributed by atoms with Gasteiger partial charge in [0.05, 0.1) is 6.61 Å². The van der Waals surface area contributed by atoms with Gasteiger partial charge in [0.1, 0.15) is 0 Å². The summed E-state index contributed by atoms with van der Waals surface area (Å²) in [6.07, 6.45) is 60.4. The largest absolute Gasteiger partial charge is 0.466 e. The van der Waals surface area contributed by atoms with Gasteiger partial charge in [-0.3, -0.25) is 4.79 Å². The number of allylic oxidation sites excluding steroid dienone is 2. The van der Waals surface area contributed by atoms with Gasteiger partial charge >= 0.3 is 5.97 Å². The van der Waals surface area contributed by atoms with Gasteiger partial charge in [-0.1, -0.05) is 251 Å². The summed E-state index contributed by atoms with van der Waals surface area (Å²) in [5, 5.41) is 0. The molecule has 0 bridgehead atoms. The second kappa shape index (κ2) is 45.4. The summed E-state index contributed by atoms with van der Waals surface area (Å²) in [6, 6.07) is 0. The monoisotopic (exact) mass is 717 g/mol. The first-order valence-electron chi connectivity index (χ1n) is 24.0. The Balaban J connectivity index is 3.16. The third kappa shape index (κ3) is 45.3. The van der Waals surface area contributed by atoms with Crippen molar-refractivity contribution in [2.24, 2.45) is 5.92 Å². The topological polar surface area (TPSA) is 26.3 Å². The van der Waals surface area contributed by atoms with Gasteiger partial charge in [-0.05, 0) is 44.4 Å². The van der Waals surface area contributed by atoms with E-state index in [1.165, 1.54) is 244 Å². The predicted octanol–water partition coefficient (Wildman–Crippen LogP) is 17.8. The van der Waals surface area contributed by atoms with Crippen molar-refractivity contribution < 1.29 is 9.53 Å². The number of carbonyl (C=O) groups excluding carboxylic acids is 1. The van der Waals surface area contributed by atoms with Gasteiger partial charge in [0.2, 0.25) is 0 Å². The maximum Gasteiger partial charge on any atom is 0.305 e. The van der Waals surface area contributed by atoms with Crippen molar-refractivity contribution in [1.29, 1.82) is 0 Å². The zero-order chi connectivity index (χ0) is 37.0. The number of rotatable bonds is 44. The normalized spacial score (nSPS) is 12.3. The van der Waals surface area contributed by atoms with Crippen LogP contribution < -0.4 is 0 Å². The third-order valence-corrected chi connectivity index (χ3v) is 11.4. The summed E-state index contributed by atoms with van der Waals surface area (Å²) in [5.41, 5.74) is 0. The average Bonchev–Trinajstić information content (AvgIpc) is 3.14. The van der Waals surface area contributed by atoms with Gasteiger partial charge in [0.15, 0.2) is 0 Å². The van der Waals surface area contributed by atoms with E-state index in [0.717, 1.165) is 18.8 Å². The number of hydrogen-bond acceptors (Lipinski definition) is 2. The minimum Gasteiger partial charge on any atom is -0.466 e. The summed E-state index contributed by atoms with van der Waals surface area (Å²) in [7, 11) is 0. The highest BCUT2D eigenvalue weighted by molar-refractivity contribution is 5.69. The van der Waals surface area contributed by atoms with Crippen LogP contribution >= 0.6 is 0 Å². The van der Waals surface area contributed by atoms with Crippen LogP contribution in [0.15, 0.2) is 12.2 Å². The van der Waals surface area contributed by atoms with Crippen LogP contribution in [-0.4, -0.2) is 12.6 Å². The first kappa shape index (κ1) is 50.2. The molecule has 2 heteroatoms. The molecule has 0 aliphatic rings. The quantitative estimate of drug-likeness (QED) is 0.0356. The van der Waals surface area contributed by atoms with E-state index in [2.05, 4.69) is 32.9 Å². The zero-order valence-electron chi connectivity index (χ0n) is 35.7. The fourth-order valence-electron chi connectivity index (χ4n) is 7.46. The molecule has 0 spiro atoms. The summed E-state index contributed by atoms with van der Waals surface area (Å²) < 4.78 is 5.48. The van der Waals surface area contributed by atoms with E-state index in [-0.39, 0.29) is 5.97 Å². The molecular weight excluding hydrogens is 621 g/mol. The van der Waals surface area contributed by atoms with Crippen LogP contribution in [0.25, 0.3) is 0 Å². The molecule has 2 nitrogen and oxygen atoms in total. The van der Waals surface area contributed by atoms with Crippen LogP contribution in [-0.2, 0) is 9.53 Å². The fraction of sp³-hybridized carbons (Fsp3) is 0.939. The molecule has 0 rings (SSSR count). The van der Waals surface area contributed by atoms with Crippen LogP contribution in [0.1, 0.15) is 284 Å². The molecule has 0 aromatic rings. The second-order valence-electron chi connectivity index (χ2n) is 16.7. The summed E-state index contributed by atoms with van der Waals surface area (Å²) in [4.78, 5) is 12.0. The molecule has 1 atom stereocenters. The lowest BCUT2D eigenvalue weighted by Gasteiger charge is -2.07. The highest BCUT2D eigenvalue weighted by atomic mass is 16.5.